The molecule has 3 aliphatic rings. The Kier molecular flexibility index (Phi) is 7.34. The minimum atomic E-state index is -4.04. The van der Waals surface area contributed by atoms with E-state index in [0.29, 0.717) is 5.75 Å². The number of hydrogen-bond acceptors (Lipinski definition) is 5. The number of hydrogen-bond donors (Lipinski definition) is 0. The van der Waals surface area contributed by atoms with Gasteiger partial charge in [-0.15, -0.1) is 0 Å². The first-order chi connectivity index (χ1) is 20.3. The summed E-state index contributed by atoms with van der Waals surface area (Å²) in [5.41, 5.74) is 11.3. The second kappa shape index (κ2) is 10.8. The van der Waals surface area contributed by atoms with E-state index < -0.39 is 9.05 Å². The molecule has 0 amide bonds. The van der Waals surface area contributed by atoms with Crippen molar-refractivity contribution in [3.63, 3.8) is 0 Å². The Hall–Kier alpha value is -3.74. The van der Waals surface area contributed by atoms with Crippen LogP contribution in [0.2, 0.25) is 0 Å². The first-order valence-electron chi connectivity index (χ1n) is 15.2. The van der Waals surface area contributed by atoms with Crippen molar-refractivity contribution >= 4 is 9.05 Å². The van der Waals surface area contributed by atoms with Crippen molar-refractivity contribution in [2.75, 3.05) is 0 Å². The monoisotopic (exact) mass is 593 g/mol. The van der Waals surface area contributed by atoms with Gasteiger partial charge in [0, 0.05) is 36.3 Å². The van der Waals surface area contributed by atoms with Crippen LogP contribution in [0.3, 0.4) is 0 Å². The van der Waals surface area contributed by atoms with E-state index in [2.05, 4.69) is 116 Å². The van der Waals surface area contributed by atoms with Crippen molar-refractivity contribution in [1.29, 1.82) is 0 Å². The highest BCUT2D eigenvalue weighted by molar-refractivity contribution is 6.57. The summed E-state index contributed by atoms with van der Waals surface area (Å²) in [5, 5.41) is 0. The smallest absolute Gasteiger partial charge is 0.452 e. The third kappa shape index (κ3) is 5.91. The van der Waals surface area contributed by atoms with E-state index in [4.69, 9.17) is 17.7 Å². The van der Waals surface area contributed by atoms with Crippen molar-refractivity contribution in [3.05, 3.63) is 116 Å². The normalized spacial score (nSPS) is 19.4. The average Bonchev–Trinajstić information content (AvgIpc) is 2.89. The van der Waals surface area contributed by atoms with Crippen LogP contribution in [0.4, 0.5) is 0 Å². The fourth-order valence-electron chi connectivity index (χ4n) is 6.48. The molecule has 0 saturated heterocycles. The molecule has 0 aliphatic carbocycles. The maximum absolute atomic E-state index is 7.10. The van der Waals surface area contributed by atoms with Crippen molar-refractivity contribution < 1.29 is 17.7 Å². The number of nitrogens with zero attached hydrogens (tertiary/aromatic N) is 1. The van der Waals surface area contributed by atoms with Crippen LogP contribution in [0.1, 0.15) is 76.4 Å². The Labute approximate surface area is 257 Å². The lowest BCUT2D eigenvalue weighted by Gasteiger charge is -2.37. The molecular formula is C37H43NO4Si. The molecule has 0 fully saturated rings. The maximum Gasteiger partial charge on any atom is 0.966 e. The summed E-state index contributed by atoms with van der Waals surface area (Å²) in [4.78, 5) is 2.47. The molecule has 5 nitrogen and oxygen atoms in total. The van der Waals surface area contributed by atoms with E-state index >= 15 is 0 Å². The molecule has 7 rings (SSSR count). The van der Waals surface area contributed by atoms with Gasteiger partial charge in [0.25, 0.3) is 0 Å². The van der Waals surface area contributed by atoms with Gasteiger partial charge in [-0.3, -0.25) is 4.90 Å². The highest BCUT2D eigenvalue weighted by Crippen LogP contribution is 2.41. The van der Waals surface area contributed by atoms with Crippen LogP contribution in [-0.4, -0.2) is 13.9 Å². The zero-order chi connectivity index (χ0) is 30.7. The van der Waals surface area contributed by atoms with Gasteiger partial charge in [-0.2, -0.15) is 0 Å². The van der Waals surface area contributed by atoms with E-state index in [9.17, 15) is 0 Å². The average molecular weight is 594 g/mol. The lowest BCUT2D eigenvalue weighted by atomic mass is 9.87. The predicted octanol–water partition coefficient (Wildman–Crippen LogP) is 8.72. The van der Waals surface area contributed by atoms with Gasteiger partial charge in [0.05, 0.1) is 0 Å². The molecule has 4 aromatic carbocycles. The fourth-order valence-corrected chi connectivity index (χ4v) is 8.78. The van der Waals surface area contributed by atoms with Crippen molar-refractivity contribution in [2.45, 2.75) is 87.4 Å². The molecule has 4 aromatic rings. The molecule has 3 heterocycles. The zero-order valence-electron chi connectivity index (χ0n) is 27.0. The number of aryl methyl sites for hydroxylation is 6. The first-order valence-corrected chi connectivity index (χ1v) is 16.8. The minimum absolute atomic E-state index is 0.0200. The Morgan fingerprint density at radius 3 is 1.30 bits per heavy atom. The topological polar surface area (TPSA) is 40.2 Å². The van der Waals surface area contributed by atoms with E-state index in [1.54, 1.807) is 0 Å². The Balaban J connectivity index is 1.62. The third-order valence-corrected chi connectivity index (χ3v) is 10.2. The Morgan fingerprint density at radius 1 is 0.581 bits per heavy atom. The highest BCUT2D eigenvalue weighted by Gasteiger charge is 2.60. The summed E-state index contributed by atoms with van der Waals surface area (Å²) in [6.07, 6.45) is 0. The van der Waals surface area contributed by atoms with E-state index in [1.807, 2.05) is 12.1 Å². The molecule has 0 saturated carbocycles. The fraction of sp³-hybridized carbons (Fsp3) is 0.351. The summed E-state index contributed by atoms with van der Waals surface area (Å²) < 4.78 is 28.2. The van der Waals surface area contributed by atoms with Crippen LogP contribution >= 0.6 is 0 Å². The molecule has 0 radical (unpaired) electrons. The van der Waals surface area contributed by atoms with Gasteiger partial charge in [0.2, 0.25) is 0 Å². The van der Waals surface area contributed by atoms with Gasteiger partial charge in [-0.05, 0) is 81.3 Å². The molecule has 2 bridgehead atoms. The third-order valence-electron chi connectivity index (χ3n) is 8.31. The number of benzene rings is 4. The van der Waals surface area contributed by atoms with Crippen LogP contribution in [0.25, 0.3) is 0 Å². The molecule has 0 aromatic heterocycles. The minimum Gasteiger partial charge on any atom is -0.452 e. The molecule has 0 spiro atoms. The lowest BCUT2D eigenvalue weighted by Crippen LogP contribution is -2.61. The molecule has 0 N–H and O–H groups in total. The molecule has 0 unspecified atom stereocenters. The van der Waals surface area contributed by atoms with Crippen LogP contribution in [0.15, 0.2) is 60.7 Å². The summed E-state index contributed by atoms with van der Waals surface area (Å²) in [7, 11) is -4.04. The summed E-state index contributed by atoms with van der Waals surface area (Å²) in [5.74, 6) is 2.97. The van der Waals surface area contributed by atoms with Gasteiger partial charge < -0.3 is 17.7 Å². The quantitative estimate of drug-likeness (QED) is 0.217. The summed E-state index contributed by atoms with van der Waals surface area (Å²) in [6.45, 7) is 21.5. The van der Waals surface area contributed by atoms with E-state index in [1.165, 1.54) is 22.3 Å². The second-order valence-corrected chi connectivity index (χ2v) is 15.4. The Bertz CT molecular complexity index is 1550. The second-order valence-electron chi connectivity index (χ2n) is 13.5. The van der Waals surface area contributed by atoms with Gasteiger partial charge in [-0.25, -0.2) is 0 Å². The predicted molar refractivity (Wildman–Crippen MR) is 174 cm³/mol. The van der Waals surface area contributed by atoms with Crippen molar-refractivity contribution in [3.8, 4) is 23.0 Å². The first kappa shape index (κ1) is 29.3. The lowest BCUT2D eigenvalue weighted by molar-refractivity contribution is 0.143. The maximum atomic E-state index is 7.10. The van der Waals surface area contributed by atoms with Gasteiger partial charge in [0.1, 0.15) is 23.0 Å². The molecule has 224 valence electrons. The van der Waals surface area contributed by atoms with Crippen molar-refractivity contribution in [2.24, 2.45) is 0 Å². The largest absolute Gasteiger partial charge is 0.966 e. The SMILES string of the molecule is Cc1cc(C)c2c(c1)CN1Cc3cc(C)cc(C)c3O[Si](Oc3ccc(C(C)(C)C)cc3)(O2)Oc2c(C)cc(C)cc2C1. The van der Waals surface area contributed by atoms with E-state index in [0.717, 1.165) is 70.3 Å². The molecule has 3 aliphatic heterocycles. The summed E-state index contributed by atoms with van der Waals surface area (Å²) in [6, 6.07) is 21.4. The van der Waals surface area contributed by atoms with Gasteiger partial charge in [-0.1, -0.05) is 86.0 Å². The Morgan fingerprint density at radius 2 is 0.953 bits per heavy atom. The molecular weight excluding hydrogens is 550 g/mol. The zero-order valence-corrected chi connectivity index (χ0v) is 28.0. The molecule has 6 heteroatoms. The van der Waals surface area contributed by atoms with E-state index in [-0.39, 0.29) is 5.41 Å². The number of rotatable bonds is 2. The van der Waals surface area contributed by atoms with Crippen LogP contribution < -0.4 is 17.7 Å². The van der Waals surface area contributed by atoms with Crippen LogP contribution in [-0.2, 0) is 25.0 Å². The molecule has 43 heavy (non-hydrogen) atoms. The van der Waals surface area contributed by atoms with Gasteiger partial charge >= 0.3 is 9.05 Å². The highest BCUT2D eigenvalue weighted by atomic mass is 28.4. The van der Waals surface area contributed by atoms with Crippen LogP contribution in [0.5, 0.6) is 23.0 Å². The van der Waals surface area contributed by atoms with Crippen LogP contribution in [0, 0.1) is 41.5 Å². The van der Waals surface area contributed by atoms with Gasteiger partial charge in [0.15, 0.2) is 0 Å². The summed E-state index contributed by atoms with van der Waals surface area (Å²) >= 11 is 0. The van der Waals surface area contributed by atoms with Crippen molar-refractivity contribution in [1.82, 2.24) is 4.90 Å². The standard InChI is InChI=1S/C37H43NO4Si/c1-23-14-26(4)34-29(17-23)20-38-21-30-18-24(2)15-27(5)35(30)41-43(40-34,39-33-12-10-32(11-13-33)37(7,8)9)42-36-28(6)16-25(3)19-31(36)22-38/h10-19H,20-22H2,1-9H3. The molecule has 0 atom stereocenters.